The Labute approximate surface area is 123 Å². The van der Waals surface area contributed by atoms with E-state index in [9.17, 15) is 14.9 Å². The molecule has 1 heterocycles. The maximum atomic E-state index is 10.6. The topological polar surface area (TPSA) is 83.7 Å². The first-order chi connectivity index (χ1) is 10.0. The summed E-state index contributed by atoms with van der Waals surface area (Å²) in [6.45, 7) is 2.71. The molecule has 0 atom stereocenters. The smallest absolute Gasteiger partial charge is 0.303 e. The fourth-order valence-corrected chi connectivity index (χ4v) is 2.74. The summed E-state index contributed by atoms with van der Waals surface area (Å²) < 4.78 is 0. The van der Waals surface area contributed by atoms with Crippen molar-refractivity contribution in [2.75, 3.05) is 13.1 Å². The summed E-state index contributed by atoms with van der Waals surface area (Å²) in [5, 5.41) is 19.3. The number of hydrogen-bond acceptors (Lipinski definition) is 4. The number of likely N-dealkylation sites (tertiary alicyclic amines) is 1. The third-order valence-corrected chi connectivity index (χ3v) is 4.03. The number of carboxylic acid groups (broad SMARTS) is 1. The van der Waals surface area contributed by atoms with E-state index in [1.54, 1.807) is 12.1 Å². The molecule has 1 aliphatic heterocycles. The summed E-state index contributed by atoms with van der Waals surface area (Å²) in [6, 6.07) is 6.67. The van der Waals surface area contributed by atoms with Crippen molar-refractivity contribution in [2.45, 2.75) is 32.2 Å². The second-order valence-corrected chi connectivity index (χ2v) is 5.58. The van der Waals surface area contributed by atoms with Gasteiger partial charge in [0.25, 0.3) is 5.69 Å². The Balaban J connectivity index is 1.78. The third-order valence-electron chi connectivity index (χ3n) is 4.03. The van der Waals surface area contributed by atoms with Crippen LogP contribution in [0.1, 0.15) is 31.2 Å². The Morgan fingerprint density at radius 2 is 1.90 bits per heavy atom. The van der Waals surface area contributed by atoms with Gasteiger partial charge < -0.3 is 5.11 Å². The van der Waals surface area contributed by atoms with Crippen LogP contribution in [-0.4, -0.2) is 34.0 Å². The van der Waals surface area contributed by atoms with Crippen molar-refractivity contribution >= 4 is 11.7 Å². The maximum absolute atomic E-state index is 10.6. The number of piperidine rings is 1. The van der Waals surface area contributed by atoms with E-state index in [1.807, 2.05) is 0 Å². The molecule has 6 heteroatoms. The first-order valence-electron chi connectivity index (χ1n) is 7.22. The van der Waals surface area contributed by atoms with Gasteiger partial charge in [-0.3, -0.25) is 19.8 Å². The minimum absolute atomic E-state index is 0.117. The molecule has 2 rings (SSSR count). The number of nitrogens with zero attached hydrogens (tertiary/aromatic N) is 2. The zero-order valence-electron chi connectivity index (χ0n) is 11.9. The van der Waals surface area contributed by atoms with Crippen molar-refractivity contribution in [1.82, 2.24) is 4.90 Å². The van der Waals surface area contributed by atoms with Crippen LogP contribution in [0.3, 0.4) is 0 Å². The quantitative estimate of drug-likeness (QED) is 0.643. The first-order valence-corrected chi connectivity index (χ1v) is 7.22. The van der Waals surface area contributed by atoms with Crippen LogP contribution in [0.5, 0.6) is 0 Å². The molecule has 0 spiro atoms. The number of carbonyl (C=O) groups is 1. The van der Waals surface area contributed by atoms with Gasteiger partial charge in [-0.15, -0.1) is 0 Å². The van der Waals surface area contributed by atoms with Crippen LogP contribution in [-0.2, 0) is 11.3 Å². The second-order valence-electron chi connectivity index (χ2n) is 5.58. The molecule has 1 fully saturated rings. The van der Waals surface area contributed by atoms with Gasteiger partial charge in [-0.25, -0.2) is 0 Å². The molecule has 1 N–H and O–H groups in total. The van der Waals surface area contributed by atoms with E-state index in [0.29, 0.717) is 5.92 Å². The summed E-state index contributed by atoms with van der Waals surface area (Å²) in [5.74, 6) is -0.211. The van der Waals surface area contributed by atoms with Gasteiger partial charge in [0.1, 0.15) is 0 Å². The van der Waals surface area contributed by atoms with Crippen molar-refractivity contribution in [2.24, 2.45) is 5.92 Å². The second kappa shape index (κ2) is 7.17. The summed E-state index contributed by atoms with van der Waals surface area (Å²) >= 11 is 0. The summed E-state index contributed by atoms with van der Waals surface area (Å²) in [6.07, 6.45) is 3.08. The van der Waals surface area contributed by atoms with E-state index < -0.39 is 10.9 Å². The van der Waals surface area contributed by atoms with E-state index in [4.69, 9.17) is 5.11 Å². The van der Waals surface area contributed by atoms with Gasteiger partial charge in [0.2, 0.25) is 0 Å². The van der Waals surface area contributed by atoms with Crippen molar-refractivity contribution in [3.63, 3.8) is 0 Å². The summed E-state index contributed by atoms with van der Waals surface area (Å²) in [4.78, 5) is 23.1. The van der Waals surface area contributed by atoms with Gasteiger partial charge in [-0.05, 0) is 43.8 Å². The van der Waals surface area contributed by atoms with E-state index in [1.165, 1.54) is 12.1 Å². The van der Waals surface area contributed by atoms with Crippen molar-refractivity contribution in [1.29, 1.82) is 0 Å². The van der Waals surface area contributed by atoms with Crippen LogP contribution in [0.4, 0.5) is 5.69 Å². The number of nitro groups is 1. The van der Waals surface area contributed by atoms with Gasteiger partial charge in [-0.1, -0.05) is 12.1 Å². The average molecular weight is 292 g/mol. The molecule has 0 aliphatic carbocycles. The molecule has 1 aliphatic rings. The van der Waals surface area contributed by atoms with Crippen molar-refractivity contribution < 1.29 is 14.8 Å². The predicted octanol–water partition coefficient (Wildman–Crippen LogP) is 2.67. The van der Waals surface area contributed by atoms with Crippen LogP contribution in [0.25, 0.3) is 0 Å². The molecule has 0 aromatic heterocycles. The molecule has 0 saturated carbocycles. The van der Waals surface area contributed by atoms with Gasteiger partial charge >= 0.3 is 5.97 Å². The molecule has 0 bridgehead atoms. The normalized spacial score (nSPS) is 16.8. The van der Waals surface area contributed by atoms with E-state index in [0.717, 1.165) is 44.5 Å². The lowest BCUT2D eigenvalue weighted by Gasteiger charge is -2.31. The average Bonchev–Trinajstić information content (AvgIpc) is 2.47. The molecule has 1 aromatic carbocycles. The highest BCUT2D eigenvalue weighted by Crippen LogP contribution is 2.23. The lowest BCUT2D eigenvalue weighted by atomic mass is 9.92. The molecule has 1 aromatic rings. The van der Waals surface area contributed by atoms with Crippen LogP contribution in [0, 0.1) is 16.0 Å². The molecule has 114 valence electrons. The fourth-order valence-electron chi connectivity index (χ4n) is 2.74. The molecule has 0 radical (unpaired) electrons. The number of carboxylic acids is 1. The van der Waals surface area contributed by atoms with Crippen LogP contribution >= 0.6 is 0 Å². The lowest BCUT2D eigenvalue weighted by Crippen LogP contribution is -2.33. The molecule has 6 nitrogen and oxygen atoms in total. The SMILES string of the molecule is O=C(O)CCC1CCN(Cc2ccc([N+](=O)[O-])cc2)CC1. The van der Waals surface area contributed by atoms with E-state index in [2.05, 4.69) is 4.90 Å². The van der Waals surface area contributed by atoms with Gasteiger partial charge in [0.05, 0.1) is 4.92 Å². The Bertz CT molecular complexity index is 493. The molecule has 21 heavy (non-hydrogen) atoms. The highest BCUT2D eigenvalue weighted by atomic mass is 16.6. The number of rotatable bonds is 6. The minimum Gasteiger partial charge on any atom is -0.481 e. The Hall–Kier alpha value is -1.95. The molecular formula is C15H20N2O4. The van der Waals surface area contributed by atoms with Gasteiger partial charge in [0.15, 0.2) is 0 Å². The standard InChI is InChI=1S/C15H20N2O4/c18-15(19)6-3-12-7-9-16(10-8-12)11-13-1-4-14(5-2-13)17(20)21/h1-2,4-5,12H,3,6-11H2,(H,18,19). The lowest BCUT2D eigenvalue weighted by molar-refractivity contribution is -0.384. The van der Waals surface area contributed by atoms with E-state index >= 15 is 0 Å². The Morgan fingerprint density at radius 3 is 2.43 bits per heavy atom. The first kappa shape index (κ1) is 15.4. The fraction of sp³-hybridized carbons (Fsp3) is 0.533. The van der Waals surface area contributed by atoms with Crippen molar-refractivity contribution in [3.8, 4) is 0 Å². The minimum atomic E-state index is -0.719. The van der Waals surface area contributed by atoms with Crippen LogP contribution < -0.4 is 0 Å². The number of hydrogen-bond donors (Lipinski definition) is 1. The Kier molecular flexibility index (Phi) is 5.27. The molecule has 0 amide bonds. The third kappa shape index (κ3) is 4.82. The summed E-state index contributed by atoms with van der Waals surface area (Å²) in [5.41, 5.74) is 1.19. The highest BCUT2D eigenvalue weighted by molar-refractivity contribution is 5.66. The van der Waals surface area contributed by atoms with Gasteiger partial charge in [0, 0.05) is 25.1 Å². The predicted molar refractivity (Wildman–Crippen MR) is 78.0 cm³/mol. The monoisotopic (exact) mass is 292 g/mol. The largest absolute Gasteiger partial charge is 0.481 e. The molecular weight excluding hydrogens is 272 g/mol. The zero-order valence-corrected chi connectivity index (χ0v) is 11.9. The summed E-state index contributed by atoms with van der Waals surface area (Å²) in [7, 11) is 0. The maximum Gasteiger partial charge on any atom is 0.303 e. The molecule has 0 unspecified atom stereocenters. The van der Waals surface area contributed by atoms with Crippen LogP contribution in [0.15, 0.2) is 24.3 Å². The number of benzene rings is 1. The number of non-ortho nitro benzene ring substituents is 1. The molecule has 1 saturated heterocycles. The number of nitro benzene ring substituents is 1. The van der Waals surface area contributed by atoms with Crippen LogP contribution in [0.2, 0.25) is 0 Å². The zero-order chi connectivity index (χ0) is 15.2. The van der Waals surface area contributed by atoms with Crippen molar-refractivity contribution in [3.05, 3.63) is 39.9 Å². The number of aliphatic carboxylic acids is 1. The Morgan fingerprint density at radius 1 is 1.29 bits per heavy atom. The van der Waals surface area contributed by atoms with Gasteiger partial charge in [-0.2, -0.15) is 0 Å². The van der Waals surface area contributed by atoms with E-state index in [-0.39, 0.29) is 12.1 Å². The highest BCUT2D eigenvalue weighted by Gasteiger charge is 2.20.